The maximum atomic E-state index is 11.5. The first kappa shape index (κ1) is 13.1. The van der Waals surface area contributed by atoms with Crippen LogP contribution in [0, 0.1) is 0 Å². The summed E-state index contributed by atoms with van der Waals surface area (Å²) in [6, 6.07) is 8.30. The summed E-state index contributed by atoms with van der Waals surface area (Å²) in [5.41, 5.74) is 1.33. The van der Waals surface area contributed by atoms with Gasteiger partial charge in [0.2, 0.25) is 0 Å². The molecule has 0 N–H and O–H groups in total. The molecule has 1 atom stereocenters. The Balaban J connectivity index is 1.86. The second-order valence-electron chi connectivity index (χ2n) is 5.05. The van der Waals surface area contributed by atoms with Gasteiger partial charge in [0.1, 0.15) is 11.5 Å². The molecule has 0 bridgehead atoms. The van der Waals surface area contributed by atoms with Crippen LogP contribution in [0.3, 0.4) is 0 Å². The third-order valence-corrected chi connectivity index (χ3v) is 3.62. The minimum Gasteiger partial charge on any atom is -0.493 e. The van der Waals surface area contributed by atoms with Crippen molar-refractivity contribution < 1.29 is 9.53 Å². The maximum Gasteiger partial charge on any atom is 0.132 e. The molecule has 0 saturated carbocycles. The van der Waals surface area contributed by atoms with Crippen LogP contribution in [0.15, 0.2) is 24.3 Å². The van der Waals surface area contributed by atoms with E-state index in [1.165, 1.54) is 5.56 Å². The van der Waals surface area contributed by atoms with Crippen molar-refractivity contribution in [2.45, 2.75) is 51.4 Å². The fourth-order valence-electron chi connectivity index (χ4n) is 2.67. The Kier molecular flexibility index (Phi) is 4.80. The van der Waals surface area contributed by atoms with E-state index < -0.39 is 0 Å². The Morgan fingerprint density at radius 2 is 2.17 bits per heavy atom. The molecule has 98 valence electrons. The summed E-state index contributed by atoms with van der Waals surface area (Å²) >= 11 is 0. The van der Waals surface area contributed by atoms with Gasteiger partial charge in [0.05, 0.1) is 6.61 Å². The number of ketones is 1. The van der Waals surface area contributed by atoms with Gasteiger partial charge in [-0.05, 0) is 43.2 Å². The fraction of sp³-hybridized carbons (Fsp3) is 0.562. The molecule has 1 unspecified atom stereocenters. The number of rotatable bonds is 6. The summed E-state index contributed by atoms with van der Waals surface area (Å²) in [6.07, 6.45) is 5.66. The number of ether oxygens (including phenoxy) is 1. The lowest BCUT2D eigenvalue weighted by molar-refractivity contribution is -0.119. The van der Waals surface area contributed by atoms with Gasteiger partial charge in [0.15, 0.2) is 0 Å². The standard InChI is InChI=1S/C16H22O2/c1-2-6-14(17)8-5-7-13-11-12-18-16-10-4-3-9-15(13)16/h3-4,9-10,13H,2,5-8,11-12H2,1H3. The van der Waals surface area contributed by atoms with Gasteiger partial charge < -0.3 is 4.74 Å². The van der Waals surface area contributed by atoms with Crippen molar-refractivity contribution in [3.63, 3.8) is 0 Å². The van der Waals surface area contributed by atoms with Gasteiger partial charge in [-0.1, -0.05) is 25.1 Å². The lowest BCUT2D eigenvalue weighted by Gasteiger charge is -2.25. The van der Waals surface area contributed by atoms with Crippen molar-refractivity contribution in [1.82, 2.24) is 0 Å². The average Bonchev–Trinajstić information content (AvgIpc) is 2.39. The van der Waals surface area contributed by atoms with Crippen LogP contribution in [0.25, 0.3) is 0 Å². The molecule has 1 aliphatic rings. The van der Waals surface area contributed by atoms with Gasteiger partial charge in [-0.25, -0.2) is 0 Å². The van der Waals surface area contributed by atoms with Gasteiger partial charge in [-0.15, -0.1) is 0 Å². The summed E-state index contributed by atoms with van der Waals surface area (Å²) < 4.78 is 5.65. The molecule has 0 radical (unpaired) electrons. The number of benzene rings is 1. The van der Waals surface area contributed by atoms with E-state index in [4.69, 9.17) is 4.74 Å². The Morgan fingerprint density at radius 1 is 1.33 bits per heavy atom. The Morgan fingerprint density at radius 3 is 3.00 bits per heavy atom. The topological polar surface area (TPSA) is 26.3 Å². The second-order valence-corrected chi connectivity index (χ2v) is 5.05. The highest BCUT2D eigenvalue weighted by molar-refractivity contribution is 5.78. The quantitative estimate of drug-likeness (QED) is 0.755. The third-order valence-electron chi connectivity index (χ3n) is 3.62. The second kappa shape index (κ2) is 6.58. The molecule has 0 fully saturated rings. The lowest BCUT2D eigenvalue weighted by atomic mass is 9.88. The van der Waals surface area contributed by atoms with E-state index in [2.05, 4.69) is 19.1 Å². The molecule has 0 aliphatic carbocycles. The largest absolute Gasteiger partial charge is 0.493 e. The molecular weight excluding hydrogens is 224 g/mol. The van der Waals surface area contributed by atoms with Gasteiger partial charge in [0, 0.05) is 12.8 Å². The van der Waals surface area contributed by atoms with E-state index in [0.717, 1.165) is 50.9 Å². The summed E-state index contributed by atoms with van der Waals surface area (Å²) in [5.74, 6) is 2.02. The number of Topliss-reactive ketones (excluding diaryl/α,β-unsaturated/α-hetero) is 1. The van der Waals surface area contributed by atoms with Gasteiger partial charge in [-0.2, -0.15) is 0 Å². The van der Waals surface area contributed by atoms with Crippen molar-refractivity contribution >= 4 is 5.78 Å². The molecule has 1 aromatic rings. The van der Waals surface area contributed by atoms with Crippen molar-refractivity contribution in [3.8, 4) is 5.75 Å². The number of carbonyl (C=O) groups excluding carboxylic acids is 1. The first-order valence-electron chi connectivity index (χ1n) is 7.04. The van der Waals surface area contributed by atoms with Crippen LogP contribution in [0.2, 0.25) is 0 Å². The summed E-state index contributed by atoms with van der Waals surface area (Å²) in [7, 11) is 0. The molecule has 2 heteroatoms. The number of carbonyl (C=O) groups is 1. The summed E-state index contributed by atoms with van der Waals surface area (Å²) in [5, 5.41) is 0. The summed E-state index contributed by atoms with van der Waals surface area (Å²) in [4.78, 5) is 11.5. The first-order valence-corrected chi connectivity index (χ1v) is 7.04. The summed E-state index contributed by atoms with van der Waals surface area (Å²) in [6.45, 7) is 2.87. The van der Waals surface area contributed by atoms with Crippen LogP contribution in [0.5, 0.6) is 5.75 Å². The van der Waals surface area contributed by atoms with Crippen LogP contribution in [-0.2, 0) is 4.79 Å². The maximum absolute atomic E-state index is 11.5. The number of para-hydroxylation sites is 1. The average molecular weight is 246 g/mol. The Bertz CT molecular complexity index is 398. The fourth-order valence-corrected chi connectivity index (χ4v) is 2.67. The van der Waals surface area contributed by atoms with Gasteiger partial charge in [-0.3, -0.25) is 4.79 Å². The van der Waals surface area contributed by atoms with E-state index in [0.29, 0.717) is 11.7 Å². The van der Waals surface area contributed by atoms with Crippen LogP contribution >= 0.6 is 0 Å². The van der Waals surface area contributed by atoms with Crippen molar-refractivity contribution in [3.05, 3.63) is 29.8 Å². The van der Waals surface area contributed by atoms with Crippen LogP contribution < -0.4 is 4.74 Å². The number of fused-ring (bicyclic) bond motifs is 1. The van der Waals surface area contributed by atoms with E-state index in [1.807, 2.05) is 12.1 Å². The van der Waals surface area contributed by atoms with Crippen molar-refractivity contribution in [2.75, 3.05) is 6.61 Å². The van der Waals surface area contributed by atoms with Crippen LogP contribution in [0.1, 0.15) is 56.9 Å². The minimum absolute atomic E-state index is 0.415. The highest BCUT2D eigenvalue weighted by Gasteiger charge is 2.20. The minimum atomic E-state index is 0.415. The first-order chi connectivity index (χ1) is 8.81. The predicted molar refractivity (Wildman–Crippen MR) is 73.1 cm³/mol. The SMILES string of the molecule is CCCC(=O)CCCC1CCOc2ccccc21. The van der Waals surface area contributed by atoms with E-state index in [-0.39, 0.29) is 0 Å². The Labute approximate surface area is 109 Å². The molecule has 2 rings (SSSR count). The molecule has 1 aromatic carbocycles. The zero-order valence-electron chi connectivity index (χ0n) is 11.2. The van der Waals surface area contributed by atoms with Gasteiger partial charge >= 0.3 is 0 Å². The molecule has 0 aromatic heterocycles. The number of hydrogen-bond donors (Lipinski definition) is 0. The molecule has 0 spiro atoms. The molecule has 0 amide bonds. The highest BCUT2D eigenvalue weighted by atomic mass is 16.5. The molecule has 18 heavy (non-hydrogen) atoms. The zero-order chi connectivity index (χ0) is 12.8. The van der Waals surface area contributed by atoms with Crippen molar-refractivity contribution in [2.24, 2.45) is 0 Å². The highest BCUT2D eigenvalue weighted by Crippen LogP contribution is 2.36. The van der Waals surface area contributed by atoms with Crippen molar-refractivity contribution in [1.29, 1.82) is 0 Å². The van der Waals surface area contributed by atoms with Crippen LogP contribution in [-0.4, -0.2) is 12.4 Å². The molecular formula is C16H22O2. The molecule has 2 nitrogen and oxygen atoms in total. The molecule has 0 saturated heterocycles. The van der Waals surface area contributed by atoms with Crippen LogP contribution in [0.4, 0.5) is 0 Å². The third kappa shape index (κ3) is 3.34. The normalized spacial score (nSPS) is 17.9. The molecule has 1 aliphatic heterocycles. The van der Waals surface area contributed by atoms with E-state index >= 15 is 0 Å². The lowest BCUT2D eigenvalue weighted by Crippen LogP contribution is -2.14. The monoisotopic (exact) mass is 246 g/mol. The van der Waals surface area contributed by atoms with E-state index in [1.54, 1.807) is 0 Å². The zero-order valence-corrected chi connectivity index (χ0v) is 11.2. The van der Waals surface area contributed by atoms with E-state index in [9.17, 15) is 4.79 Å². The number of hydrogen-bond acceptors (Lipinski definition) is 2. The smallest absolute Gasteiger partial charge is 0.132 e. The van der Waals surface area contributed by atoms with Gasteiger partial charge in [0.25, 0.3) is 0 Å². The predicted octanol–water partition coefficient (Wildman–Crippen LogP) is 4.09. The molecule has 1 heterocycles. The Hall–Kier alpha value is -1.31.